The first kappa shape index (κ1) is 29.4. The number of hydrogen-bond donors (Lipinski definition) is 2. The van der Waals surface area contributed by atoms with Gasteiger partial charge in [-0.25, -0.2) is 27.1 Å². The van der Waals surface area contributed by atoms with Gasteiger partial charge in [0.2, 0.25) is 20.0 Å². The third-order valence-electron chi connectivity index (χ3n) is 6.83. The quantitative estimate of drug-likeness (QED) is 0.260. The lowest BCUT2D eigenvalue weighted by Gasteiger charge is -2.26. The molecular weight excluding hydrogens is 602 g/mol. The van der Waals surface area contributed by atoms with Crippen molar-refractivity contribution in [2.24, 2.45) is 10.8 Å². The van der Waals surface area contributed by atoms with Crippen molar-refractivity contribution in [1.29, 1.82) is 0 Å². The standard InChI is InChI=1S/C22H23N7O11S2/c23-22(30)25-24-21-15-9-13(41(35,36)26-1-5-39-6-2-26)11-17(28(31)32)19(15)20-16(21)10-14(12-18(20)29(33)34)42(37,38)27-3-7-40-8-4-27/h9-12H,1-8H2,(H3,23,25,30). The molecule has 2 heterocycles. The Kier molecular flexibility index (Phi) is 7.68. The zero-order chi connectivity index (χ0) is 30.4. The van der Waals surface area contributed by atoms with Gasteiger partial charge in [0, 0.05) is 49.4 Å². The Balaban J connectivity index is 1.80. The van der Waals surface area contributed by atoms with E-state index in [0.717, 1.165) is 32.9 Å². The van der Waals surface area contributed by atoms with E-state index in [1.807, 2.05) is 5.43 Å². The highest BCUT2D eigenvalue weighted by Crippen LogP contribution is 2.49. The number of nitrogens with two attached hydrogens (primary N) is 1. The summed E-state index contributed by atoms with van der Waals surface area (Å²) in [6.07, 6.45) is 0. The van der Waals surface area contributed by atoms with E-state index >= 15 is 0 Å². The Morgan fingerprint density at radius 1 is 0.786 bits per heavy atom. The van der Waals surface area contributed by atoms with Crippen molar-refractivity contribution < 1.29 is 41.0 Å². The number of nitro benzene ring substituents is 2. The normalized spacial score (nSPS) is 17.8. The first-order valence-corrected chi connectivity index (χ1v) is 15.2. The molecule has 0 saturated carbocycles. The summed E-state index contributed by atoms with van der Waals surface area (Å²) in [5.41, 5.74) is 3.86. The number of nitrogens with zero attached hydrogens (tertiary/aromatic N) is 5. The van der Waals surface area contributed by atoms with E-state index in [4.69, 9.17) is 15.2 Å². The monoisotopic (exact) mass is 625 g/mol. The van der Waals surface area contributed by atoms with Crippen LogP contribution in [-0.2, 0) is 29.5 Å². The molecule has 0 unspecified atom stereocenters. The van der Waals surface area contributed by atoms with Crippen molar-refractivity contribution >= 4 is 43.2 Å². The van der Waals surface area contributed by atoms with Crippen LogP contribution in [-0.4, -0.2) is 99.6 Å². The van der Waals surface area contributed by atoms with E-state index in [9.17, 15) is 41.9 Å². The van der Waals surface area contributed by atoms with Gasteiger partial charge >= 0.3 is 6.03 Å². The molecule has 2 aromatic rings. The Morgan fingerprint density at radius 2 is 1.17 bits per heavy atom. The molecule has 224 valence electrons. The minimum atomic E-state index is -4.32. The predicted octanol–water partition coefficient (Wildman–Crippen LogP) is -0.0541. The zero-order valence-corrected chi connectivity index (χ0v) is 23.2. The highest BCUT2D eigenvalue weighted by Gasteiger charge is 2.42. The molecule has 2 amide bonds. The number of nitrogens with one attached hydrogen (secondary N) is 1. The summed E-state index contributed by atoms with van der Waals surface area (Å²) in [6.45, 7) is 0.299. The van der Waals surface area contributed by atoms with Crippen LogP contribution in [0.2, 0.25) is 0 Å². The second-order valence-electron chi connectivity index (χ2n) is 9.21. The molecule has 0 spiro atoms. The smallest absolute Gasteiger partial charge is 0.332 e. The van der Waals surface area contributed by atoms with Gasteiger partial charge in [-0.3, -0.25) is 20.2 Å². The maximum Gasteiger partial charge on any atom is 0.332 e. The van der Waals surface area contributed by atoms with Crippen LogP contribution < -0.4 is 11.2 Å². The molecule has 5 rings (SSSR count). The Hall–Kier alpha value is -4.08. The number of carbonyl (C=O) groups is 1. The fourth-order valence-corrected chi connectivity index (χ4v) is 7.85. The van der Waals surface area contributed by atoms with Gasteiger partial charge in [0.05, 0.1) is 62.9 Å². The maximum absolute atomic E-state index is 13.5. The third kappa shape index (κ3) is 5.07. The van der Waals surface area contributed by atoms with Crippen molar-refractivity contribution in [3.63, 3.8) is 0 Å². The number of sulfonamides is 2. The van der Waals surface area contributed by atoms with Crippen LogP contribution >= 0.6 is 0 Å². The molecule has 2 fully saturated rings. The number of ether oxygens (including phenoxy) is 2. The second kappa shape index (κ2) is 11.0. The molecule has 1 aliphatic carbocycles. The number of amides is 2. The molecule has 0 bridgehead atoms. The predicted molar refractivity (Wildman–Crippen MR) is 143 cm³/mol. The lowest BCUT2D eigenvalue weighted by molar-refractivity contribution is -0.386. The topological polar surface area (TPSA) is 247 Å². The molecule has 20 heteroatoms. The fraction of sp³-hybridized carbons (Fsp3) is 0.364. The molecule has 18 nitrogen and oxygen atoms in total. The lowest BCUT2D eigenvalue weighted by Crippen LogP contribution is -2.40. The summed E-state index contributed by atoms with van der Waals surface area (Å²) in [7, 11) is -8.64. The molecule has 2 aromatic carbocycles. The summed E-state index contributed by atoms with van der Waals surface area (Å²) in [6, 6.07) is 2.46. The molecule has 42 heavy (non-hydrogen) atoms. The molecular formula is C22H23N7O11S2. The number of hydrogen-bond acceptors (Lipinski definition) is 12. The Morgan fingerprint density at radius 3 is 1.50 bits per heavy atom. The van der Waals surface area contributed by atoms with Gasteiger partial charge < -0.3 is 15.2 Å². The number of fused-ring (bicyclic) bond motifs is 3. The highest BCUT2D eigenvalue weighted by molar-refractivity contribution is 7.89. The van der Waals surface area contributed by atoms with Crippen LogP contribution in [0, 0.1) is 20.2 Å². The number of urea groups is 1. The van der Waals surface area contributed by atoms with Crippen molar-refractivity contribution in [2.45, 2.75) is 9.79 Å². The first-order chi connectivity index (χ1) is 19.8. The maximum atomic E-state index is 13.5. The summed E-state index contributed by atoms with van der Waals surface area (Å²) in [5, 5.41) is 28.4. The van der Waals surface area contributed by atoms with Gasteiger partial charge in [-0.1, -0.05) is 0 Å². The largest absolute Gasteiger partial charge is 0.379 e. The number of hydrazone groups is 1. The number of morpholine rings is 2. The molecule has 3 N–H and O–H groups in total. The second-order valence-corrected chi connectivity index (χ2v) is 13.1. The molecule has 0 aromatic heterocycles. The van der Waals surface area contributed by atoms with E-state index in [-0.39, 0.29) is 80.6 Å². The molecule has 0 atom stereocenters. The number of benzene rings is 2. The molecule has 2 aliphatic heterocycles. The van der Waals surface area contributed by atoms with Gasteiger partial charge in [-0.15, -0.1) is 0 Å². The average Bonchev–Trinajstić information content (AvgIpc) is 3.29. The van der Waals surface area contributed by atoms with Crippen LogP contribution in [0.1, 0.15) is 11.1 Å². The number of primary amides is 1. The first-order valence-electron chi connectivity index (χ1n) is 12.3. The lowest BCUT2D eigenvalue weighted by atomic mass is 10.0. The minimum Gasteiger partial charge on any atom is -0.379 e. The van der Waals surface area contributed by atoms with Crippen molar-refractivity contribution in [3.05, 3.63) is 55.6 Å². The van der Waals surface area contributed by atoms with Crippen molar-refractivity contribution in [2.75, 3.05) is 52.6 Å². The average molecular weight is 626 g/mol. The number of rotatable bonds is 7. The van der Waals surface area contributed by atoms with Crippen LogP contribution in [0.4, 0.5) is 16.2 Å². The van der Waals surface area contributed by atoms with Crippen molar-refractivity contribution in [3.8, 4) is 11.1 Å². The van der Waals surface area contributed by atoms with E-state index in [2.05, 4.69) is 5.10 Å². The van der Waals surface area contributed by atoms with Crippen LogP contribution in [0.25, 0.3) is 11.1 Å². The summed E-state index contributed by atoms with van der Waals surface area (Å²) in [5.74, 6) is 0. The van der Waals surface area contributed by atoms with E-state index in [1.54, 1.807) is 0 Å². The molecule has 3 aliphatic rings. The summed E-state index contributed by atoms with van der Waals surface area (Å²) in [4.78, 5) is 33.3. The van der Waals surface area contributed by atoms with E-state index in [1.165, 1.54) is 0 Å². The summed E-state index contributed by atoms with van der Waals surface area (Å²) < 4.78 is 66.3. The number of nitro groups is 2. The van der Waals surface area contributed by atoms with Crippen LogP contribution in [0.5, 0.6) is 0 Å². The molecule has 2 saturated heterocycles. The van der Waals surface area contributed by atoms with Gasteiger partial charge in [0.25, 0.3) is 11.4 Å². The van der Waals surface area contributed by atoms with Crippen molar-refractivity contribution in [1.82, 2.24) is 14.0 Å². The minimum absolute atomic E-state index is 0.0220. The molecule has 0 radical (unpaired) electrons. The third-order valence-corrected chi connectivity index (χ3v) is 10.6. The van der Waals surface area contributed by atoms with E-state index in [0.29, 0.717) is 0 Å². The SMILES string of the molecule is NC(=O)NN=C1c2cc(S(=O)(=O)N3CCOCC3)cc([N+](=O)[O-])c2-c2c1cc(S(=O)(=O)N1CCOCC1)cc2[N+](=O)[O-]. The Labute approximate surface area is 238 Å². The van der Waals surface area contributed by atoms with Gasteiger partial charge in [0.15, 0.2) is 0 Å². The van der Waals surface area contributed by atoms with Gasteiger partial charge in [-0.2, -0.15) is 13.7 Å². The van der Waals surface area contributed by atoms with Gasteiger partial charge in [0.1, 0.15) is 0 Å². The van der Waals surface area contributed by atoms with Crippen LogP contribution in [0.15, 0.2) is 39.2 Å². The Bertz CT molecular complexity index is 1630. The zero-order valence-electron chi connectivity index (χ0n) is 21.6. The fourth-order valence-electron chi connectivity index (χ4n) is 4.94. The number of carbonyl (C=O) groups excluding carboxylic acids is 1. The van der Waals surface area contributed by atoms with Gasteiger partial charge in [-0.05, 0) is 12.1 Å². The van der Waals surface area contributed by atoms with E-state index < -0.39 is 57.1 Å². The summed E-state index contributed by atoms with van der Waals surface area (Å²) >= 11 is 0. The highest BCUT2D eigenvalue weighted by atomic mass is 32.2. The van der Waals surface area contributed by atoms with Crippen LogP contribution in [0.3, 0.4) is 0 Å².